The zero-order valence-corrected chi connectivity index (χ0v) is 18.5. The minimum atomic E-state index is -1.21. The first-order valence-corrected chi connectivity index (χ1v) is 10.6. The van der Waals surface area contributed by atoms with Crippen LogP contribution in [0.25, 0.3) is 0 Å². The highest BCUT2D eigenvalue weighted by molar-refractivity contribution is 5.79. The number of aromatic nitrogens is 2. The number of benzene rings is 1. The summed E-state index contributed by atoms with van der Waals surface area (Å²) in [6.45, 7) is 1.57. The third kappa shape index (κ3) is 4.76. The zero-order chi connectivity index (χ0) is 23.5. The maximum atomic E-state index is 13.1. The average Bonchev–Trinajstić information content (AvgIpc) is 3.34. The van der Waals surface area contributed by atoms with E-state index in [0.29, 0.717) is 30.9 Å². The van der Waals surface area contributed by atoms with E-state index in [1.807, 2.05) is 49.3 Å². The van der Waals surface area contributed by atoms with Crippen LogP contribution < -0.4 is 10.6 Å². The molecular formula is C21H27N7O5. The smallest absolute Gasteiger partial charge is 0.404 e. The standard InChI is InChI=1S/C21H27N7O5/c1-25(2)9-8-22-19(29)27-11-15-17-12-26(16(18(15)24-27)10-23-20(30)31)21(32)28(17)33-13-14-6-4-3-5-7-14/h3-7,11,16-17,23H,8-10,12-13H2,1-2H3,(H,22,29)(H,30,31). The summed E-state index contributed by atoms with van der Waals surface area (Å²) in [5.41, 5.74) is 2.04. The largest absolute Gasteiger partial charge is 0.465 e. The number of nitrogens with one attached hydrogen (secondary N) is 2. The molecule has 12 nitrogen and oxygen atoms in total. The SMILES string of the molecule is CN(C)CCNC(=O)n1cc2c(n1)C(CNC(=O)O)N1CC2N(OCc2ccccc2)C1=O. The van der Waals surface area contributed by atoms with Gasteiger partial charge < -0.3 is 25.5 Å². The van der Waals surface area contributed by atoms with Gasteiger partial charge in [0.15, 0.2) is 0 Å². The number of urea groups is 1. The molecule has 1 saturated heterocycles. The predicted octanol–water partition coefficient (Wildman–Crippen LogP) is 1.24. The van der Waals surface area contributed by atoms with Crippen LogP contribution in [0.5, 0.6) is 0 Å². The molecule has 4 rings (SSSR count). The molecule has 1 aromatic carbocycles. The Bertz CT molecular complexity index is 1030. The molecule has 3 N–H and O–H groups in total. The number of hydroxylamine groups is 2. The summed E-state index contributed by atoms with van der Waals surface area (Å²) < 4.78 is 1.20. The summed E-state index contributed by atoms with van der Waals surface area (Å²) in [4.78, 5) is 46.1. The first-order valence-electron chi connectivity index (χ1n) is 10.6. The Hall–Kier alpha value is -3.64. The van der Waals surface area contributed by atoms with Crippen LogP contribution in [0.2, 0.25) is 0 Å². The minimum Gasteiger partial charge on any atom is -0.465 e. The van der Waals surface area contributed by atoms with Gasteiger partial charge in [-0.3, -0.25) is 4.84 Å². The Morgan fingerprint density at radius 1 is 1.24 bits per heavy atom. The fourth-order valence-electron chi connectivity index (χ4n) is 3.97. The topological polar surface area (TPSA) is 132 Å². The minimum absolute atomic E-state index is 0.0490. The van der Waals surface area contributed by atoms with Crippen molar-refractivity contribution in [1.82, 2.24) is 35.3 Å². The summed E-state index contributed by atoms with van der Waals surface area (Å²) in [5, 5.41) is 19.9. The molecule has 0 aliphatic carbocycles. The Morgan fingerprint density at radius 2 is 2.00 bits per heavy atom. The molecule has 12 heteroatoms. The van der Waals surface area contributed by atoms with Crippen LogP contribution >= 0.6 is 0 Å². The van der Waals surface area contributed by atoms with Crippen LogP contribution in [0.15, 0.2) is 36.5 Å². The molecule has 1 aromatic heterocycles. The monoisotopic (exact) mass is 457 g/mol. The fourth-order valence-corrected chi connectivity index (χ4v) is 3.97. The third-order valence-electron chi connectivity index (χ3n) is 5.61. The van der Waals surface area contributed by atoms with Gasteiger partial charge in [0, 0.05) is 31.4 Å². The van der Waals surface area contributed by atoms with Crippen LogP contribution in [0.1, 0.15) is 28.9 Å². The molecule has 2 atom stereocenters. The van der Waals surface area contributed by atoms with Crippen molar-refractivity contribution in [3.05, 3.63) is 53.3 Å². The highest BCUT2D eigenvalue weighted by Crippen LogP contribution is 2.43. The van der Waals surface area contributed by atoms with Gasteiger partial charge in [-0.15, -0.1) is 0 Å². The van der Waals surface area contributed by atoms with Gasteiger partial charge in [0.1, 0.15) is 12.6 Å². The molecule has 4 amide bonds. The van der Waals surface area contributed by atoms with Gasteiger partial charge in [-0.05, 0) is 19.7 Å². The number of fused-ring (bicyclic) bond motifs is 4. The van der Waals surface area contributed by atoms with Crippen LogP contribution in [-0.2, 0) is 11.4 Å². The van der Waals surface area contributed by atoms with Gasteiger partial charge in [-0.1, -0.05) is 30.3 Å². The molecule has 3 heterocycles. The van der Waals surface area contributed by atoms with Crippen molar-refractivity contribution in [3.8, 4) is 0 Å². The summed E-state index contributed by atoms with van der Waals surface area (Å²) in [6, 6.07) is 7.59. The average molecular weight is 457 g/mol. The predicted molar refractivity (Wildman–Crippen MR) is 116 cm³/mol. The molecule has 176 valence electrons. The van der Waals surface area contributed by atoms with E-state index in [-0.39, 0.29) is 19.2 Å². The van der Waals surface area contributed by atoms with Crippen LogP contribution in [0, 0.1) is 0 Å². The second-order valence-corrected chi connectivity index (χ2v) is 8.19. The lowest BCUT2D eigenvalue weighted by atomic mass is 9.98. The second kappa shape index (κ2) is 9.46. The van der Waals surface area contributed by atoms with Crippen molar-refractivity contribution in [2.24, 2.45) is 0 Å². The van der Waals surface area contributed by atoms with Gasteiger partial charge in [0.2, 0.25) is 0 Å². The van der Waals surface area contributed by atoms with E-state index >= 15 is 0 Å². The maximum absolute atomic E-state index is 13.1. The highest BCUT2D eigenvalue weighted by Gasteiger charge is 2.50. The van der Waals surface area contributed by atoms with E-state index in [0.717, 1.165) is 5.56 Å². The Kier molecular flexibility index (Phi) is 6.47. The quantitative estimate of drug-likeness (QED) is 0.543. The van der Waals surface area contributed by atoms with E-state index in [1.165, 1.54) is 14.6 Å². The highest BCUT2D eigenvalue weighted by atomic mass is 16.7. The van der Waals surface area contributed by atoms with E-state index in [2.05, 4.69) is 15.7 Å². The number of amides is 4. The molecular weight excluding hydrogens is 430 g/mol. The number of carbonyl (C=O) groups excluding carboxylic acids is 2. The summed E-state index contributed by atoms with van der Waals surface area (Å²) in [5.74, 6) is 0. The fraction of sp³-hybridized carbons (Fsp3) is 0.429. The summed E-state index contributed by atoms with van der Waals surface area (Å²) in [6.07, 6.45) is 0.386. The zero-order valence-electron chi connectivity index (χ0n) is 18.5. The molecule has 1 fully saturated rings. The van der Waals surface area contributed by atoms with Gasteiger partial charge in [-0.25, -0.2) is 14.4 Å². The number of carboxylic acid groups (broad SMARTS) is 1. The van der Waals surface area contributed by atoms with Crippen LogP contribution in [0.3, 0.4) is 0 Å². The van der Waals surface area contributed by atoms with Crippen molar-refractivity contribution >= 4 is 18.2 Å². The number of hydrogen-bond acceptors (Lipinski definition) is 6. The lowest BCUT2D eigenvalue weighted by Crippen LogP contribution is -2.41. The van der Waals surface area contributed by atoms with E-state index in [9.17, 15) is 14.4 Å². The molecule has 0 spiro atoms. The normalized spacial score (nSPS) is 19.1. The van der Waals surface area contributed by atoms with E-state index in [4.69, 9.17) is 9.94 Å². The van der Waals surface area contributed by atoms with Crippen molar-refractivity contribution < 1.29 is 24.3 Å². The first-order chi connectivity index (χ1) is 15.8. The van der Waals surface area contributed by atoms with E-state index < -0.39 is 24.2 Å². The van der Waals surface area contributed by atoms with Crippen molar-refractivity contribution in [3.63, 3.8) is 0 Å². The number of nitrogens with zero attached hydrogens (tertiary/aromatic N) is 5. The number of hydrogen-bond donors (Lipinski definition) is 3. The molecule has 2 aromatic rings. The number of carbonyl (C=O) groups is 3. The molecule has 2 aliphatic heterocycles. The first kappa shape index (κ1) is 22.6. The lowest BCUT2D eigenvalue weighted by molar-refractivity contribution is -0.141. The van der Waals surface area contributed by atoms with Gasteiger partial charge in [-0.2, -0.15) is 14.8 Å². The number of likely N-dealkylation sites (N-methyl/N-ethyl adjacent to an activating group) is 1. The molecule has 0 saturated carbocycles. The Labute approximate surface area is 190 Å². The Balaban J connectivity index is 1.57. The van der Waals surface area contributed by atoms with Crippen LogP contribution in [0.4, 0.5) is 14.4 Å². The number of rotatable bonds is 8. The van der Waals surface area contributed by atoms with Crippen molar-refractivity contribution in [2.45, 2.75) is 18.7 Å². The van der Waals surface area contributed by atoms with E-state index in [1.54, 1.807) is 6.20 Å². The van der Waals surface area contributed by atoms with Gasteiger partial charge in [0.05, 0.1) is 18.3 Å². The van der Waals surface area contributed by atoms with Gasteiger partial charge >= 0.3 is 18.2 Å². The molecule has 33 heavy (non-hydrogen) atoms. The van der Waals surface area contributed by atoms with Crippen molar-refractivity contribution in [2.75, 3.05) is 40.3 Å². The molecule has 0 radical (unpaired) electrons. The third-order valence-corrected chi connectivity index (χ3v) is 5.61. The van der Waals surface area contributed by atoms with Crippen LogP contribution in [-0.4, -0.2) is 88.2 Å². The molecule has 2 bridgehead atoms. The summed E-state index contributed by atoms with van der Waals surface area (Å²) in [7, 11) is 3.82. The Morgan fingerprint density at radius 3 is 2.70 bits per heavy atom. The molecule has 2 aliphatic rings. The van der Waals surface area contributed by atoms with Crippen molar-refractivity contribution in [1.29, 1.82) is 0 Å². The molecule has 2 unspecified atom stereocenters. The maximum Gasteiger partial charge on any atom is 0.404 e. The lowest BCUT2D eigenvalue weighted by Gasteiger charge is -2.29. The van der Waals surface area contributed by atoms with Gasteiger partial charge in [0.25, 0.3) is 0 Å². The summed E-state index contributed by atoms with van der Waals surface area (Å²) >= 11 is 0. The second-order valence-electron chi connectivity index (χ2n) is 8.19.